The fourth-order valence-corrected chi connectivity index (χ4v) is 2.57. The van der Waals surface area contributed by atoms with Gasteiger partial charge in [0.2, 0.25) is 0 Å². The van der Waals surface area contributed by atoms with Gasteiger partial charge in [0, 0.05) is 23.6 Å². The van der Waals surface area contributed by atoms with Crippen LogP contribution in [0.5, 0.6) is 0 Å². The lowest BCUT2D eigenvalue weighted by atomic mass is 10.2. The zero-order valence-corrected chi connectivity index (χ0v) is 11.6. The first-order valence-electron chi connectivity index (χ1n) is 6.14. The topological polar surface area (TPSA) is 15.3 Å². The molecule has 1 aromatic rings. The Labute approximate surface area is 110 Å². The van der Waals surface area contributed by atoms with Crippen molar-refractivity contribution in [3.8, 4) is 0 Å². The molecule has 0 radical (unpaired) electrons. The maximum Gasteiger partial charge on any atom is 0.147 e. The van der Waals surface area contributed by atoms with E-state index in [-0.39, 0.29) is 5.82 Å². The van der Waals surface area contributed by atoms with Gasteiger partial charge in [-0.2, -0.15) is 0 Å². The van der Waals surface area contributed by atoms with Crippen LogP contribution >= 0.6 is 15.9 Å². The van der Waals surface area contributed by atoms with E-state index in [0.29, 0.717) is 11.7 Å². The predicted molar refractivity (Wildman–Crippen MR) is 73.0 cm³/mol. The Morgan fingerprint density at radius 1 is 1.53 bits per heavy atom. The van der Waals surface area contributed by atoms with Gasteiger partial charge in [-0.25, -0.2) is 4.39 Å². The fourth-order valence-electron chi connectivity index (χ4n) is 2.23. The van der Waals surface area contributed by atoms with E-state index < -0.39 is 0 Å². The summed E-state index contributed by atoms with van der Waals surface area (Å²) in [7, 11) is 0. The van der Waals surface area contributed by atoms with Crippen LogP contribution in [-0.4, -0.2) is 25.7 Å². The number of nitrogens with one attached hydrogen (secondary N) is 1. The highest BCUT2D eigenvalue weighted by Crippen LogP contribution is 2.26. The number of nitrogens with zero attached hydrogens (tertiary/aromatic N) is 1. The molecule has 2 nitrogen and oxygen atoms in total. The Hall–Kier alpha value is -0.610. The second-order valence-electron chi connectivity index (χ2n) is 4.48. The van der Waals surface area contributed by atoms with Crippen molar-refractivity contribution in [2.45, 2.75) is 25.8 Å². The Bertz CT molecular complexity index is 384. The average molecular weight is 301 g/mol. The fraction of sp³-hybridized carbons (Fsp3) is 0.538. The van der Waals surface area contributed by atoms with Crippen LogP contribution in [0.1, 0.15) is 19.8 Å². The zero-order valence-electron chi connectivity index (χ0n) is 10.0. The van der Waals surface area contributed by atoms with Crippen molar-refractivity contribution in [3.63, 3.8) is 0 Å². The number of hydrogen-bond donors (Lipinski definition) is 1. The van der Waals surface area contributed by atoms with E-state index in [0.717, 1.165) is 36.9 Å². The minimum atomic E-state index is -0.143. The molecule has 1 heterocycles. The summed E-state index contributed by atoms with van der Waals surface area (Å²) in [4.78, 5) is 2.12. The Kier molecular flexibility index (Phi) is 4.40. The lowest BCUT2D eigenvalue weighted by Crippen LogP contribution is -2.33. The van der Waals surface area contributed by atoms with Crippen molar-refractivity contribution in [2.24, 2.45) is 0 Å². The smallest absolute Gasteiger partial charge is 0.147 e. The molecular weight excluding hydrogens is 283 g/mol. The normalized spacial score (nSPS) is 19.9. The van der Waals surface area contributed by atoms with Crippen molar-refractivity contribution >= 4 is 21.6 Å². The molecule has 1 atom stereocenters. The standard InChI is InChI=1S/C13H18BrFN2/c1-2-6-16-11-5-7-17(9-11)13-4-3-10(14)8-12(13)15/h3-4,8,11,16H,2,5-7,9H2,1H3. The van der Waals surface area contributed by atoms with Crippen LogP contribution in [0, 0.1) is 5.82 Å². The van der Waals surface area contributed by atoms with E-state index in [9.17, 15) is 4.39 Å². The average Bonchev–Trinajstić information content (AvgIpc) is 2.75. The molecule has 0 saturated carbocycles. The van der Waals surface area contributed by atoms with Crippen LogP contribution in [0.4, 0.5) is 10.1 Å². The molecule has 1 fully saturated rings. The highest BCUT2D eigenvalue weighted by molar-refractivity contribution is 9.10. The van der Waals surface area contributed by atoms with Crippen molar-refractivity contribution < 1.29 is 4.39 Å². The number of halogens is 2. The van der Waals surface area contributed by atoms with Gasteiger partial charge in [-0.3, -0.25) is 0 Å². The number of rotatable bonds is 4. The van der Waals surface area contributed by atoms with Crippen LogP contribution in [0.3, 0.4) is 0 Å². The van der Waals surface area contributed by atoms with Crippen molar-refractivity contribution in [1.82, 2.24) is 5.32 Å². The summed E-state index contributed by atoms with van der Waals surface area (Å²) >= 11 is 3.28. The van der Waals surface area contributed by atoms with E-state index >= 15 is 0 Å². The van der Waals surface area contributed by atoms with Gasteiger partial charge in [-0.1, -0.05) is 22.9 Å². The van der Waals surface area contributed by atoms with E-state index in [1.54, 1.807) is 0 Å². The Balaban J connectivity index is 2.00. The lowest BCUT2D eigenvalue weighted by molar-refractivity contribution is 0.548. The maximum absolute atomic E-state index is 13.8. The Morgan fingerprint density at radius 3 is 3.06 bits per heavy atom. The minimum Gasteiger partial charge on any atom is -0.368 e. The summed E-state index contributed by atoms with van der Waals surface area (Å²) in [6.07, 6.45) is 2.23. The number of benzene rings is 1. The van der Waals surface area contributed by atoms with Gasteiger partial charge in [-0.05, 0) is 37.6 Å². The SMILES string of the molecule is CCCNC1CCN(c2ccc(Br)cc2F)C1. The van der Waals surface area contributed by atoms with Crippen LogP contribution in [0.15, 0.2) is 22.7 Å². The molecule has 1 aliphatic rings. The van der Waals surface area contributed by atoms with E-state index in [1.807, 2.05) is 12.1 Å². The first kappa shape index (κ1) is 12.8. The third kappa shape index (κ3) is 3.19. The summed E-state index contributed by atoms with van der Waals surface area (Å²) < 4.78 is 14.6. The molecule has 1 unspecified atom stereocenters. The summed E-state index contributed by atoms with van der Waals surface area (Å²) in [5, 5.41) is 3.49. The first-order valence-corrected chi connectivity index (χ1v) is 6.93. The third-order valence-electron chi connectivity index (χ3n) is 3.12. The molecule has 1 N–H and O–H groups in total. The Morgan fingerprint density at radius 2 is 2.35 bits per heavy atom. The first-order chi connectivity index (χ1) is 8.20. The van der Waals surface area contributed by atoms with Crippen molar-refractivity contribution in [3.05, 3.63) is 28.5 Å². The molecule has 0 amide bonds. The summed E-state index contributed by atoms with van der Waals surface area (Å²) in [5.41, 5.74) is 0.717. The molecule has 2 rings (SSSR count). The van der Waals surface area contributed by atoms with E-state index in [4.69, 9.17) is 0 Å². The molecule has 0 aromatic heterocycles. The summed E-state index contributed by atoms with van der Waals surface area (Å²) in [5.74, 6) is -0.143. The van der Waals surface area contributed by atoms with Crippen LogP contribution in [-0.2, 0) is 0 Å². The molecule has 17 heavy (non-hydrogen) atoms. The van der Waals surface area contributed by atoms with Gasteiger partial charge in [0.05, 0.1) is 5.69 Å². The molecule has 4 heteroatoms. The molecule has 1 saturated heterocycles. The van der Waals surface area contributed by atoms with Gasteiger partial charge in [0.25, 0.3) is 0 Å². The van der Waals surface area contributed by atoms with Gasteiger partial charge < -0.3 is 10.2 Å². The molecule has 1 aliphatic heterocycles. The highest BCUT2D eigenvalue weighted by Gasteiger charge is 2.23. The van der Waals surface area contributed by atoms with Gasteiger partial charge in [-0.15, -0.1) is 0 Å². The number of hydrogen-bond acceptors (Lipinski definition) is 2. The van der Waals surface area contributed by atoms with Crippen LogP contribution < -0.4 is 10.2 Å². The minimum absolute atomic E-state index is 0.143. The summed E-state index contributed by atoms with van der Waals surface area (Å²) in [6.45, 7) is 5.04. The quantitative estimate of drug-likeness (QED) is 0.919. The van der Waals surface area contributed by atoms with E-state index in [1.165, 1.54) is 6.07 Å². The maximum atomic E-state index is 13.8. The second-order valence-corrected chi connectivity index (χ2v) is 5.40. The highest BCUT2D eigenvalue weighted by atomic mass is 79.9. The molecule has 0 bridgehead atoms. The largest absolute Gasteiger partial charge is 0.368 e. The van der Waals surface area contributed by atoms with Gasteiger partial charge >= 0.3 is 0 Å². The van der Waals surface area contributed by atoms with Crippen LogP contribution in [0.25, 0.3) is 0 Å². The predicted octanol–water partition coefficient (Wildman–Crippen LogP) is 3.17. The van der Waals surface area contributed by atoms with E-state index in [2.05, 4.69) is 33.1 Å². The molecular formula is C13H18BrFN2. The number of anilines is 1. The van der Waals surface area contributed by atoms with Crippen molar-refractivity contribution in [2.75, 3.05) is 24.5 Å². The molecule has 0 spiro atoms. The summed E-state index contributed by atoms with van der Waals surface area (Å²) in [6, 6.07) is 5.77. The van der Waals surface area contributed by atoms with Crippen molar-refractivity contribution in [1.29, 1.82) is 0 Å². The molecule has 94 valence electrons. The monoisotopic (exact) mass is 300 g/mol. The van der Waals surface area contributed by atoms with Gasteiger partial charge in [0.15, 0.2) is 0 Å². The second kappa shape index (κ2) is 5.83. The molecule has 1 aromatic carbocycles. The molecule has 0 aliphatic carbocycles. The lowest BCUT2D eigenvalue weighted by Gasteiger charge is -2.19. The van der Waals surface area contributed by atoms with Gasteiger partial charge in [0.1, 0.15) is 5.82 Å². The van der Waals surface area contributed by atoms with Crippen LogP contribution in [0.2, 0.25) is 0 Å². The zero-order chi connectivity index (χ0) is 12.3. The third-order valence-corrected chi connectivity index (χ3v) is 3.61.